The third-order valence-corrected chi connectivity index (χ3v) is 3.80. The number of hydrogen-bond donors (Lipinski definition) is 1. The molecular formula is C18H15F3N4O2. The molecule has 0 aliphatic heterocycles. The topological polar surface area (TPSA) is 68.9 Å². The predicted octanol–water partition coefficient (Wildman–Crippen LogP) is 2.75. The van der Waals surface area contributed by atoms with Crippen LogP contribution in [0.5, 0.6) is 0 Å². The maximum absolute atomic E-state index is 12.8. The van der Waals surface area contributed by atoms with Crippen LogP contribution in [0.1, 0.15) is 11.1 Å². The van der Waals surface area contributed by atoms with Crippen molar-refractivity contribution in [2.75, 3.05) is 5.32 Å². The second kappa shape index (κ2) is 7.48. The molecule has 9 heteroatoms. The number of anilines is 1. The first kappa shape index (κ1) is 18.4. The summed E-state index contributed by atoms with van der Waals surface area (Å²) in [4.78, 5) is 24.1. The van der Waals surface area contributed by atoms with Gasteiger partial charge in [0.15, 0.2) is 0 Å². The summed E-state index contributed by atoms with van der Waals surface area (Å²) in [7, 11) is 0. The molecule has 0 fully saturated rings. The number of amides is 1. The lowest BCUT2D eigenvalue weighted by Gasteiger charge is -2.12. The van der Waals surface area contributed by atoms with Crippen LogP contribution in [0.2, 0.25) is 0 Å². The van der Waals surface area contributed by atoms with Crippen LogP contribution in [0.25, 0.3) is 0 Å². The number of nitrogens with zero attached hydrogens (tertiary/aromatic N) is 3. The van der Waals surface area contributed by atoms with E-state index in [-0.39, 0.29) is 0 Å². The standard InChI is InChI=1S/C18H15F3N4O2/c19-18(20,21)14-7-4-10-24(17(14)27)12-16(26)23-15-8-9-22-25(15)11-13-5-2-1-3-6-13/h1-10H,11-12H2,(H,23,26). The number of rotatable bonds is 5. The Bertz CT molecular complexity index is 994. The van der Waals surface area contributed by atoms with Gasteiger partial charge in [0.2, 0.25) is 5.91 Å². The number of benzene rings is 1. The van der Waals surface area contributed by atoms with Gasteiger partial charge in [-0.25, -0.2) is 4.68 Å². The number of nitrogens with one attached hydrogen (secondary N) is 1. The lowest BCUT2D eigenvalue weighted by atomic mass is 10.2. The summed E-state index contributed by atoms with van der Waals surface area (Å²) in [5.41, 5.74) is -1.62. The van der Waals surface area contributed by atoms with Crippen molar-refractivity contribution in [3.63, 3.8) is 0 Å². The van der Waals surface area contributed by atoms with Gasteiger partial charge in [-0.15, -0.1) is 0 Å². The van der Waals surface area contributed by atoms with Gasteiger partial charge in [-0.1, -0.05) is 30.3 Å². The van der Waals surface area contributed by atoms with E-state index >= 15 is 0 Å². The first-order chi connectivity index (χ1) is 12.8. The van der Waals surface area contributed by atoms with Crippen molar-refractivity contribution in [1.82, 2.24) is 14.3 Å². The summed E-state index contributed by atoms with van der Waals surface area (Å²) in [5, 5.41) is 6.69. The molecule has 3 aromatic rings. The Morgan fingerprint density at radius 3 is 2.52 bits per heavy atom. The van der Waals surface area contributed by atoms with Gasteiger partial charge >= 0.3 is 6.18 Å². The van der Waals surface area contributed by atoms with E-state index in [1.807, 2.05) is 30.3 Å². The van der Waals surface area contributed by atoms with Crippen molar-refractivity contribution in [2.24, 2.45) is 0 Å². The van der Waals surface area contributed by atoms with Crippen LogP contribution in [0.4, 0.5) is 19.0 Å². The van der Waals surface area contributed by atoms with Crippen molar-refractivity contribution in [3.8, 4) is 0 Å². The van der Waals surface area contributed by atoms with E-state index in [0.717, 1.165) is 22.4 Å². The molecular weight excluding hydrogens is 361 g/mol. The number of carbonyl (C=O) groups is 1. The van der Waals surface area contributed by atoms with Crippen molar-refractivity contribution in [1.29, 1.82) is 0 Å². The Labute approximate surface area is 151 Å². The van der Waals surface area contributed by atoms with E-state index in [1.165, 1.54) is 6.20 Å². The molecule has 0 saturated carbocycles. The molecule has 27 heavy (non-hydrogen) atoms. The molecule has 0 radical (unpaired) electrons. The average Bonchev–Trinajstić information content (AvgIpc) is 3.03. The Hall–Kier alpha value is -3.36. The molecule has 3 rings (SSSR count). The van der Waals surface area contributed by atoms with E-state index in [9.17, 15) is 22.8 Å². The van der Waals surface area contributed by atoms with Gasteiger partial charge in [-0.05, 0) is 17.7 Å². The highest BCUT2D eigenvalue weighted by Gasteiger charge is 2.34. The molecule has 1 N–H and O–H groups in total. The molecule has 6 nitrogen and oxygen atoms in total. The second-order valence-corrected chi connectivity index (χ2v) is 5.76. The van der Waals surface area contributed by atoms with E-state index in [1.54, 1.807) is 10.7 Å². The first-order valence-electron chi connectivity index (χ1n) is 7.97. The van der Waals surface area contributed by atoms with Crippen LogP contribution in [0.3, 0.4) is 0 Å². The number of alkyl halides is 3. The number of pyridine rings is 1. The number of carbonyl (C=O) groups excluding carboxylic acids is 1. The zero-order valence-corrected chi connectivity index (χ0v) is 14.0. The first-order valence-corrected chi connectivity index (χ1v) is 7.97. The highest BCUT2D eigenvalue weighted by Crippen LogP contribution is 2.25. The van der Waals surface area contributed by atoms with Crippen molar-refractivity contribution < 1.29 is 18.0 Å². The summed E-state index contributed by atoms with van der Waals surface area (Å²) in [6, 6.07) is 12.7. The molecule has 2 aromatic heterocycles. The number of hydrogen-bond acceptors (Lipinski definition) is 3. The maximum atomic E-state index is 12.8. The Balaban J connectivity index is 1.73. The molecule has 2 heterocycles. The van der Waals surface area contributed by atoms with Crippen LogP contribution in [0.15, 0.2) is 65.7 Å². The molecule has 0 unspecified atom stereocenters. The fourth-order valence-corrected chi connectivity index (χ4v) is 2.54. The highest BCUT2D eigenvalue weighted by atomic mass is 19.4. The van der Waals surface area contributed by atoms with Crippen LogP contribution in [-0.4, -0.2) is 20.3 Å². The minimum atomic E-state index is -4.77. The van der Waals surface area contributed by atoms with E-state index in [0.29, 0.717) is 18.4 Å². The van der Waals surface area contributed by atoms with Crippen LogP contribution in [0, 0.1) is 0 Å². The lowest BCUT2D eigenvalue weighted by Crippen LogP contribution is -2.32. The van der Waals surface area contributed by atoms with Gasteiger partial charge in [0.25, 0.3) is 5.56 Å². The quantitative estimate of drug-likeness (QED) is 0.745. The SMILES string of the molecule is O=C(Cn1cccc(C(F)(F)F)c1=O)Nc1ccnn1Cc1ccccc1. The Morgan fingerprint density at radius 2 is 1.81 bits per heavy atom. The Kier molecular flexibility index (Phi) is 5.11. The largest absolute Gasteiger partial charge is 0.421 e. The summed E-state index contributed by atoms with van der Waals surface area (Å²) in [5.74, 6) is -0.255. The summed E-state index contributed by atoms with van der Waals surface area (Å²) >= 11 is 0. The summed E-state index contributed by atoms with van der Waals surface area (Å²) < 4.78 is 40.7. The van der Waals surface area contributed by atoms with Crippen molar-refractivity contribution >= 4 is 11.7 Å². The van der Waals surface area contributed by atoms with Gasteiger partial charge in [-0.3, -0.25) is 9.59 Å². The molecule has 0 spiro atoms. The minimum Gasteiger partial charge on any atom is -0.309 e. The molecule has 0 aliphatic carbocycles. The smallest absolute Gasteiger partial charge is 0.309 e. The van der Waals surface area contributed by atoms with Crippen LogP contribution >= 0.6 is 0 Å². The fraction of sp³-hybridized carbons (Fsp3) is 0.167. The van der Waals surface area contributed by atoms with Crippen molar-refractivity contribution in [3.05, 3.63) is 82.4 Å². The monoisotopic (exact) mass is 376 g/mol. The molecule has 1 amide bonds. The van der Waals surface area contributed by atoms with Gasteiger partial charge in [0.05, 0.1) is 12.7 Å². The maximum Gasteiger partial charge on any atom is 0.421 e. The van der Waals surface area contributed by atoms with E-state index in [4.69, 9.17) is 0 Å². The molecule has 0 aliphatic rings. The van der Waals surface area contributed by atoms with Gasteiger partial charge in [0.1, 0.15) is 17.9 Å². The minimum absolute atomic E-state index is 0.379. The zero-order chi connectivity index (χ0) is 19.4. The van der Waals surface area contributed by atoms with Crippen LogP contribution in [-0.2, 0) is 24.1 Å². The second-order valence-electron chi connectivity index (χ2n) is 5.76. The lowest BCUT2D eigenvalue weighted by molar-refractivity contribution is -0.139. The summed E-state index contributed by atoms with van der Waals surface area (Å²) in [6.07, 6.45) is -2.14. The van der Waals surface area contributed by atoms with Gasteiger partial charge < -0.3 is 9.88 Å². The molecule has 0 atom stereocenters. The Morgan fingerprint density at radius 1 is 1.07 bits per heavy atom. The number of halogens is 3. The molecule has 0 bridgehead atoms. The fourth-order valence-electron chi connectivity index (χ4n) is 2.54. The van der Waals surface area contributed by atoms with Gasteiger partial charge in [-0.2, -0.15) is 18.3 Å². The molecule has 0 saturated heterocycles. The summed E-state index contributed by atoms with van der Waals surface area (Å²) in [6.45, 7) is -0.133. The molecule has 1 aromatic carbocycles. The van der Waals surface area contributed by atoms with Crippen molar-refractivity contribution in [2.45, 2.75) is 19.3 Å². The molecule has 140 valence electrons. The third-order valence-electron chi connectivity index (χ3n) is 3.80. The van der Waals surface area contributed by atoms with E-state index < -0.39 is 29.8 Å². The number of aromatic nitrogens is 3. The normalized spacial score (nSPS) is 11.4. The zero-order valence-electron chi connectivity index (χ0n) is 14.0. The van der Waals surface area contributed by atoms with E-state index in [2.05, 4.69) is 10.4 Å². The van der Waals surface area contributed by atoms with Crippen LogP contribution < -0.4 is 10.9 Å². The van der Waals surface area contributed by atoms with Gasteiger partial charge in [0, 0.05) is 12.3 Å². The highest BCUT2D eigenvalue weighted by molar-refractivity contribution is 5.89. The average molecular weight is 376 g/mol. The predicted molar refractivity (Wildman–Crippen MR) is 92.1 cm³/mol. The third kappa shape index (κ3) is 4.43.